The molecule has 0 radical (unpaired) electrons. The number of carbonyl (C=O) groups is 1. The first-order valence-electron chi connectivity index (χ1n) is 3.87. The molecule has 0 aliphatic carbocycles. The molecule has 0 saturated heterocycles. The van der Waals surface area contributed by atoms with Gasteiger partial charge >= 0.3 is 5.97 Å². The number of aryl methyl sites for hydroxylation is 1. The third-order valence-corrected chi connectivity index (χ3v) is 1.52. The summed E-state index contributed by atoms with van der Waals surface area (Å²) in [7, 11) is 0. The van der Waals surface area contributed by atoms with Crippen LogP contribution < -0.4 is 0 Å². The summed E-state index contributed by atoms with van der Waals surface area (Å²) in [6, 6.07) is 0. The van der Waals surface area contributed by atoms with Crippen molar-refractivity contribution < 1.29 is 18.7 Å². The quantitative estimate of drug-likeness (QED) is 0.757. The first-order valence-corrected chi connectivity index (χ1v) is 3.87. The molecule has 0 fully saturated rings. The molecule has 0 unspecified atom stereocenters. The van der Waals surface area contributed by atoms with E-state index >= 15 is 0 Å². The van der Waals surface area contributed by atoms with Crippen LogP contribution in [0.1, 0.15) is 25.1 Å². The van der Waals surface area contributed by atoms with E-state index in [1.54, 1.807) is 0 Å². The summed E-state index contributed by atoms with van der Waals surface area (Å²) in [5.74, 6) is -1.51. The maximum Gasteiger partial charge on any atom is 0.303 e. The third kappa shape index (κ3) is 2.71. The van der Waals surface area contributed by atoms with E-state index in [9.17, 15) is 13.6 Å². The Balaban J connectivity index is 2.50. The Kier molecular flexibility index (Phi) is 3.43. The Labute approximate surface area is 77.5 Å². The molecule has 0 aliphatic rings. The van der Waals surface area contributed by atoms with Gasteiger partial charge in [0.05, 0.1) is 0 Å². The highest BCUT2D eigenvalue weighted by Crippen LogP contribution is 2.14. The molecule has 0 spiro atoms. The fraction of sp³-hybridized carbons (Fsp3) is 0.667. The van der Waals surface area contributed by atoms with E-state index < -0.39 is 18.2 Å². The molecule has 0 atom stereocenters. The minimum atomic E-state index is -2.74. The van der Waals surface area contributed by atoms with Gasteiger partial charge in [0.15, 0.2) is 0 Å². The number of hydrogen-bond acceptors (Lipinski definition) is 4. The molecule has 0 aromatic carbocycles. The van der Waals surface area contributed by atoms with Crippen molar-refractivity contribution in [2.24, 2.45) is 0 Å². The van der Waals surface area contributed by atoms with Gasteiger partial charge in [0.1, 0.15) is 0 Å². The summed E-state index contributed by atoms with van der Waals surface area (Å²) < 4.78 is 25.2. The Morgan fingerprint density at radius 1 is 1.57 bits per heavy atom. The number of carboxylic acids is 1. The van der Waals surface area contributed by atoms with E-state index in [1.807, 2.05) is 0 Å². The summed E-state index contributed by atoms with van der Waals surface area (Å²) in [6.45, 7) is 0.0823. The molecule has 1 heterocycles. The fourth-order valence-corrected chi connectivity index (χ4v) is 0.907. The lowest BCUT2D eigenvalue weighted by Gasteiger charge is -2.01. The number of aliphatic carboxylic acids is 1. The second kappa shape index (κ2) is 4.58. The summed E-state index contributed by atoms with van der Waals surface area (Å²) in [4.78, 5) is 10.1. The molecule has 0 saturated carbocycles. The average molecular weight is 206 g/mol. The monoisotopic (exact) mass is 206 g/mol. The van der Waals surface area contributed by atoms with Gasteiger partial charge in [0.25, 0.3) is 6.43 Å². The summed E-state index contributed by atoms with van der Waals surface area (Å²) in [5.41, 5.74) is 0. The second-order valence-electron chi connectivity index (χ2n) is 2.56. The maximum absolute atomic E-state index is 12.2. The van der Waals surface area contributed by atoms with Crippen LogP contribution in [0.3, 0.4) is 0 Å². The number of tetrazole rings is 1. The van der Waals surface area contributed by atoms with Crippen molar-refractivity contribution in [1.29, 1.82) is 0 Å². The van der Waals surface area contributed by atoms with Crippen molar-refractivity contribution >= 4 is 5.97 Å². The minimum Gasteiger partial charge on any atom is -0.481 e. The van der Waals surface area contributed by atoms with Crippen molar-refractivity contribution in [2.45, 2.75) is 25.8 Å². The van der Waals surface area contributed by atoms with Gasteiger partial charge in [0, 0.05) is 13.0 Å². The van der Waals surface area contributed by atoms with Crippen molar-refractivity contribution in [3.8, 4) is 0 Å². The molecule has 0 aliphatic heterocycles. The predicted octanol–water partition coefficient (Wildman–Crippen LogP) is 0.475. The Bertz CT molecular complexity index is 315. The molecule has 6 nitrogen and oxygen atoms in total. The van der Waals surface area contributed by atoms with Gasteiger partial charge in [-0.3, -0.25) is 4.79 Å². The van der Waals surface area contributed by atoms with Gasteiger partial charge in [-0.25, -0.2) is 13.5 Å². The van der Waals surface area contributed by atoms with Crippen molar-refractivity contribution in [3.63, 3.8) is 0 Å². The lowest BCUT2D eigenvalue weighted by Crippen LogP contribution is -2.08. The molecule has 0 bridgehead atoms. The third-order valence-electron chi connectivity index (χ3n) is 1.52. The molecule has 14 heavy (non-hydrogen) atoms. The van der Waals surface area contributed by atoms with Gasteiger partial charge < -0.3 is 5.11 Å². The number of rotatable bonds is 5. The number of alkyl halides is 2. The van der Waals surface area contributed by atoms with Gasteiger partial charge in [-0.2, -0.15) is 0 Å². The van der Waals surface area contributed by atoms with Crippen LogP contribution in [0.5, 0.6) is 0 Å². The van der Waals surface area contributed by atoms with Gasteiger partial charge in [-0.05, 0) is 16.8 Å². The van der Waals surface area contributed by atoms with Crippen LogP contribution in [-0.2, 0) is 11.3 Å². The van der Waals surface area contributed by atoms with E-state index in [0.29, 0.717) is 0 Å². The van der Waals surface area contributed by atoms with E-state index in [2.05, 4.69) is 15.5 Å². The summed E-state index contributed by atoms with van der Waals surface area (Å²) in [6.07, 6.45) is -2.61. The van der Waals surface area contributed by atoms with Crippen LogP contribution in [0.2, 0.25) is 0 Å². The van der Waals surface area contributed by atoms with Crippen LogP contribution in [-0.4, -0.2) is 31.3 Å². The molecule has 8 heteroatoms. The topological polar surface area (TPSA) is 80.9 Å². The van der Waals surface area contributed by atoms with Crippen LogP contribution in [0.25, 0.3) is 0 Å². The van der Waals surface area contributed by atoms with E-state index in [-0.39, 0.29) is 19.4 Å². The normalized spacial score (nSPS) is 10.8. The highest BCUT2D eigenvalue weighted by molar-refractivity contribution is 5.66. The van der Waals surface area contributed by atoms with Gasteiger partial charge in [-0.15, -0.1) is 5.10 Å². The predicted molar refractivity (Wildman–Crippen MR) is 39.6 cm³/mol. The van der Waals surface area contributed by atoms with E-state index in [0.717, 1.165) is 4.68 Å². The second-order valence-corrected chi connectivity index (χ2v) is 2.56. The van der Waals surface area contributed by atoms with E-state index in [1.165, 1.54) is 0 Å². The smallest absolute Gasteiger partial charge is 0.303 e. The van der Waals surface area contributed by atoms with Crippen LogP contribution in [0.15, 0.2) is 0 Å². The van der Waals surface area contributed by atoms with E-state index in [4.69, 9.17) is 5.11 Å². The van der Waals surface area contributed by atoms with Crippen molar-refractivity contribution in [1.82, 2.24) is 20.2 Å². The number of halogens is 2. The van der Waals surface area contributed by atoms with Gasteiger partial charge in [-0.1, -0.05) is 0 Å². The number of nitrogens with zero attached hydrogens (tertiary/aromatic N) is 4. The highest BCUT2D eigenvalue weighted by atomic mass is 19.3. The van der Waals surface area contributed by atoms with Gasteiger partial charge in [0.2, 0.25) is 5.82 Å². The Morgan fingerprint density at radius 3 is 2.86 bits per heavy atom. The zero-order valence-electron chi connectivity index (χ0n) is 7.10. The molecule has 78 valence electrons. The molecule has 1 aromatic rings. The Hall–Kier alpha value is -1.60. The number of hydrogen-bond donors (Lipinski definition) is 1. The lowest BCUT2D eigenvalue weighted by molar-refractivity contribution is -0.137. The standard InChI is InChI=1S/C6H8F2N4O2/c7-5(8)6-9-10-11-12(6)3-1-2-4(13)14/h5H,1-3H2,(H,13,14). The molecular formula is C6H8F2N4O2. The minimum absolute atomic E-state index is 0.0823. The average Bonchev–Trinajstić information content (AvgIpc) is 2.51. The maximum atomic E-state index is 12.2. The zero-order valence-corrected chi connectivity index (χ0v) is 7.10. The largest absolute Gasteiger partial charge is 0.481 e. The number of aromatic nitrogens is 4. The van der Waals surface area contributed by atoms with Crippen LogP contribution in [0.4, 0.5) is 8.78 Å². The fourth-order valence-electron chi connectivity index (χ4n) is 0.907. The summed E-state index contributed by atoms with van der Waals surface area (Å²) in [5, 5.41) is 17.8. The summed E-state index contributed by atoms with van der Waals surface area (Å²) >= 11 is 0. The molecule has 0 amide bonds. The van der Waals surface area contributed by atoms with Crippen LogP contribution >= 0.6 is 0 Å². The lowest BCUT2D eigenvalue weighted by atomic mass is 10.3. The SMILES string of the molecule is O=C(O)CCCn1nnnc1C(F)F. The van der Waals surface area contributed by atoms with Crippen LogP contribution in [0, 0.1) is 0 Å². The highest BCUT2D eigenvalue weighted by Gasteiger charge is 2.16. The van der Waals surface area contributed by atoms with Crippen molar-refractivity contribution in [3.05, 3.63) is 5.82 Å². The van der Waals surface area contributed by atoms with Crippen molar-refractivity contribution in [2.75, 3.05) is 0 Å². The zero-order chi connectivity index (χ0) is 10.6. The number of carboxylic acid groups (broad SMARTS) is 1. The first kappa shape index (κ1) is 10.5. The molecule has 1 aromatic heterocycles. The Morgan fingerprint density at radius 2 is 2.29 bits per heavy atom. The molecule has 1 rings (SSSR count). The first-order chi connectivity index (χ1) is 6.61. The molecular weight excluding hydrogens is 198 g/mol. The molecule has 1 N–H and O–H groups in total.